The summed E-state index contributed by atoms with van der Waals surface area (Å²) < 4.78 is 15.1. The first-order valence-electron chi connectivity index (χ1n) is 8.48. The smallest absolute Gasteiger partial charge is 0.169 e. The number of nitrogens with zero attached hydrogens (tertiary/aromatic N) is 1. The molecule has 0 aliphatic carbocycles. The van der Waals surface area contributed by atoms with Crippen molar-refractivity contribution in [2.24, 2.45) is 5.92 Å². The Hall–Kier alpha value is -1.58. The van der Waals surface area contributed by atoms with E-state index in [0.29, 0.717) is 16.3 Å². The normalized spacial score (nSPS) is 15.3. The maximum atomic E-state index is 14.3. The molecule has 3 aromatic rings. The number of anilines is 2. The quantitative estimate of drug-likeness (QED) is 0.409. The molecule has 4 rings (SSSR count). The van der Waals surface area contributed by atoms with Gasteiger partial charge in [-0.2, -0.15) is 0 Å². The van der Waals surface area contributed by atoms with E-state index < -0.39 is 0 Å². The maximum Gasteiger partial charge on any atom is 0.169 e. The van der Waals surface area contributed by atoms with E-state index in [1.807, 2.05) is 18.2 Å². The second-order valence-electron chi connectivity index (χ2n) is 6.30. The van der Waals surface area contributed by atoms with Gasteiger partial charge in [0.1, 0.15) is 15.6 Å². The Morgan fingerprint density at radius 1 is 1.31 bits per heavy atom. The molecule has 0 spiro atoms. The number of aromatic nitrogens is 1. The fraction of sp³-hybridized carbons (Fsp3) is 0.263. The molecule has 0 radical (unpaired) electrons. The van der Waals surface area contributed by atoms with Crippen molar-refractivity contribution in [2.75, 3.05) is 18.4 Å². The van der Waals surface area contributed by atoms with Crippen LogP contribution in [0.1, 0.15) is 23.2 Å². The Morgan fingerprint density at radius 2 is 2.12 bits per heavy atom. The first-order chi connectivity index (χ1) is 12.6. The van der Waals surface area contributed by atoms with Crippen LogP contribution in [-0.4, -0.2) is 23.9 Å². The van der Waals surface area contributed by atoms with Gasteiger partial charge in [-0.3, -0.25) is 4.79 Å². The van der Waals surface area contributed by atoms with Crippen LogP contribution in [0.4, 0.5) is 15.1 Å². The first-order valence-corrected chi connectivity index (χ1v) is 10.4. The van der Waals surface area contributed by atoms with Crippen LogP contribution in [0.15, 0.2) is 36.5 Å². The number of piperidine rings is 1. The molecule has 1 aliphatic rings. The highest BCUT2D eigenvalue weighted by molar-refractivity contribution is 14.1. The molecule has 7 heteroatoms. The minimum absolute atomic E-state index is 0.00336. The van der Waals surface area contributed by atoms with Gasteiger partial charge >= 0.3 is 0 Å². The van der Waals surface area contributed by atoms with Crippen molar-refractivity contribution in [2.45, 2.75) is 12.8 Å². The average Bonchev–Trinajstić information content (AvgIpc) is 3.02. The molecule has 0 unspecified atom stereocenters. The number of halogens is 2. The minimum Gasteiger partial charge on any atom is -0.344 e. The summed E-state index contributed by atoms with van der Waals surface area (Å²) in [7, 11) is 0. The summed E-state index contributed by atoms with van der Waals surface area (Å²) in [5.41, 5.74) is 1.01. The summed E-state index contributed by atoms with van der Waals surface area (Å²) in [6, 6.07) is 8.77. The van der Waals surface area contributed by atoms with Gasteiger partial charge in [0.25, 0.3) is 0 Å². The number of carbonyl (C=O) groups is 1. The van der Waals surface area contributed by atoms with Crippen molar-refractivity contribution in [3.63, 3.8) is 0 Å². The Kier molecular flexibility index (Phi) is 5.19. The second kappa shape index (κ2) is 7.58. The largest absolute Gasteiger partial charge is 0.344 e. The van der Waals surface area contributed by atoms with E-state index in [1.54, 1.807) is 12.3 Å². The Labute approximate surface area is 168 Å². The standard InChI is InChI=1S/C19H17FIN3OS/c20-14-10-12(21)3-4-15(14)24-19-16(13-2-1-7-23-18(13)26-19)17(25)11-5-8-22-9-6-11/h1-4,7,10-11,22,24H,5-6,8-9H2. The third-order valence-corrected chi connectivity index (χ3v) is 6.30. The van der Waals surface area contributed by atoms with Crippen molar-refractivity contribution >= 4 is 60.6 Å². The molecule has 3 heterocycles. The molecule has 134 valence electrons. The lowest BCUT2D eigenvalue weighted by molar-refractivity contribution is 0.0898. The molecule has 0 bridgehead atoms. The number of carbonyl (C=O) groups excluding carboxylic acids is 1. The minimum atomic E-state index is -0.331. The molecule has 1 fully saturated rings. The van der Waals surface area contributed by atoms with Gasteiger partial charge in [0.15, 0.2) is 5.78 Å². The van der Waals surface area contributed by atoms with Gasteiger partial charge in [-0.15, -0.1) is 0 Å². The second-order valence-corrected chi connectivity index (χ2v) is 8.54. The van der Waals surface area contributed by atoms with Gasteiger partial charge in [0.2, 0.25) is 0 Å². The predicted molar refractivity (Wildman–Crippen MR) is 112 cm³/mol. The lowest BCUT2D eigenvalue weighted by Crippen LogP contribution is -2.32. The van der Waals surface area contributed by atoms with Gasteiger partial charge in [0.05, 0.1) is 11.3 Å². The molecule has 0 atom stereocenters. The van der Waals surface area contributed by atoms with E-state index in [0.717, 1.165) is 39.7 Å². The van der Waals surface area contributed by atoms with E-state index in [9.17, 15) is 9.18 Å². The number of nitrogens with one attached hydrogen (secondary N) is 2. The van der Waals surface area contributed by atoms with Crippen LogP contribution in [-0.2, 0) is 0 Å². The Balaban J connectivity index is 1.77. The maximum absolute atomic E-state index is 14.3. The van der Waals surface area contributed by atoms with Gasteiger partial charge in [-0.05, 0) is 78.9 Å². The third kappa shape index (κ3) is 3.47. The van der Waals surface area contributed by atoms with Crippen molar-refractivity contribution in [3.8, 4) is 0 Å². The zero-order valence-corrected chi connectivity index (χ0v) is 16.9. The van der Waals surface area contributed by atoms with E-state index >= 15 is 0 Å². The van der Waals surface area contributed by atoms with E-state index in [1.165, 1.54) is 17.4 Å². The summed E-state index contributed by atoms with van der Waals surface area (Å²) in [4.78, 5) is 18.4. The van der Waals surface area contributed by atoms with Crippen LogP contribution in [0.2, 0.25) is 0 Å². The molecule has 2 N–H and O–H groups in total. The molecule has 4 nitrogen and oxygen atoms in total. The van der Waals surface area contributed by atoms with E-state index in [-0.39, 0.29) is 17.5 Å². The van der Waals surface area contributed by atoms with Gasteiger partial charge in [0, 0.05) is 21.1 Å². The molecule has 1 aromatic carbocycles. The number of thiophene rings is 1. The number of hydrogen-bond acceptors (Lipinski definition) is 5. The Bertz CT molecular complexity index is 969. The zero-order chi connectivity index (χ0) is 18.1. The average molecular weight is 481 g/mol. The SMILES string of the molecule is O=C(c1c(Nc2ccc(I)cc2F)sc2ncccc12)C1CCNCC1. The summed E-state index contributed by atoms with van der Waals surface area (Å²) in [6.45, 7) is 1.70. The number of ketones is 1. The molecule has 1 aliphatic heterocycles. The first kappa shape index (κ1) is 17.8. The zero-order valence-electron chi connectivity index (χ0n) is 13.9. The van der Waals surface area contributed by atoms with Crippen LogP contribution in [0.3, 0.4) is 0 Å². The Morgan fingerprint density at radius 3 is 2.88 bits per heavy atom. The van der Waals surface area contributed by atoms with Crippen molar-refractivity contribution in [1.29, 1.82) is 0 Å². The van der Waals surface area contributed by atoms with Gasteiger partial charge in [-0.1, -0.05) is 11.3 Å². The van der Waals surface area contributed by atoms with Crippen molar-refractivity contribution in [3.05, 3.63) is 51.5 Å². The third-order valence-electron chi connectivity index (χ3n) is 4.60. The lowest BCUT2D eigenvalue weighted by atomic mass is 9.89. The fourth-order valence-corrected chi connectivity index (χ4v) is 4.78. The van der Waals surface area contributed by atoms with E-state index in [4.69, 9.17) is 0 Å². The van der Waals surface area contributed by atoms with Crippen LogP contribution in [0.25, 0.3) is 10.2 Å². The van der Waals surface area contributed by atoms with Crippen LogP contribution >= 0.6 is 33.9 Å². The predicted octanol–water partition coefficient (Wildman–Crippen LogP) is 4.97. The number of pyridine rings is 1. The number of benzene rings is 1. The summed E-state index contributed by atoms with van der Waals surface area (Å²) in [5.74, 6) is -0.210. The molecule has 1 saturated heterocycles. The summed E-state index contributed by atoms with van der Waals surface area (Å²) in [6.07, 6.45) is 3.37. The number of fused-ring (bicyclic) bond motifs is 1. The van der Waals surface area contributed by atoms with Gasteiger partial charge < -0.3 is 10.6 Å². The van der Waals surface area contributed by atoms with Crippen LogP contribution in [0, 0.1) is 15.3 Å². The topological polar surface area (TPSA) is 54.0 Å². The number of Topliss-reactive ketones (excluding diaryl/α,β-unsaturated/α-hetero) is 1. The molecular weight excluding hydrogens is 464 g/mol. The molecular formula is C19H17FIN3OS. The van der Waals surface area contributed by atoms with Crippen LogP contribution < -0.4 is 10.6 Å². The summed E-state index contributed by atoms with van der Waals surface area (Å²) in [5, 5.41) is 7.94. The van der Waals surface area contributed by atoms with Crippen molar-refractivity contribution < 1.29 is 9.18 Å². The summed E-state index contributed by atoms with van der Waals surface area (Å²) >= 11 is 3.47. The lowest BCUT2D eigenvalue weighted by Gasteiger charge is -2.21. The molecule has 2 aromatic heterocycles. The van der Waals surface area contributed by atoms with Crippen LogP contribution in [0.5, 0.6) is 0 Å². The fourth-order valence-electron chi connectivity index (χ4n) is 3.27. The highest BCUT2D eigenvalue weighted by Gasteiger charge is 2.28. The van der Waals surface area contributed by atoms with Crippen molar-refractivity contribution in [1.82, 2.24) is 10.3 Å². The number of rotatable bonds is 4. The van der Waals surface area contributed by atoms with E-state index in [2.05, 4.69) is 38.2 Å². The van der Waals surface area contributed by atoms with Gasteiger partial charge in [-0.25, -0.2) is 9.37 Å². The monoisotopic (exact) mass is 481 g/mol. The highest BCUT2D eigenvalue weighted by atomic mass is 127. The molecule has 0 amide bonds. The highest BCUT2D eigenvalue weighted by Crippen LogP contribution is 2.39. The molecule has 0 saturated carbocycles. The molecule has 26 heavy (non-hydrogen) atoms. The number of hydrogen-bond donors (Lipinski definition) is 2.